The van der Waals surface area contributed by atoms with Gasteiger partial charge in [0.15, 0.2) is 6.10 Å². The molecular weight excluding hydrogens is 182 g/mol. The van der Waals surface area contributed by atoms with E-state index in [0.29, 0.717) is 19.8 Å². The Morgan fingerprint density at radius 2 is 2.50 bits per heavy atom. The molecule has 0 saturated carbocycles. The van der Waals surface area contributed by atoms with Gasteiger partial charge in [-0.2, -0.15) is 0 Å². The van der Waals surface area contributed by atoms with Crippen LogP contribution in [0.3, 0.4) is 0 Å². The van der Waals surface area contributed by atoms with E-state index in [4.69, 9.17) is 9.47 Å². The van der Waals surface area contributed by atoms with Crippen molar-refractivity contribution < 1.29 is 14.3 Å². The molecule has 4 nitrogen and oxygen atoms in total. The molecule has 1 saturated heterocycles. The lowest BCUT2D eigenvalue weighted by atomic mass is 10.3. The topological polar surface area (TPSA) is 47.6 Å². The van der Waals surface area contributed by atoms with Crippen molar-refractivity contribution in [3.63, 3.8) is 0 Å². The van der Waals surface area contributed by atoms with E-state index in [9.17, 15) is 4.79 Å². The summed E-state index contributed by atoms with van der Waals surface area (Å²) in [6.45, 7) is 4.17. The second-order valence-corrected chi connectivity index (χ2v) is 2.32. The number of carbonyl (C=O) groups excluding carboxylic acids is 1. The zero-order valence-corrected chi connectivity index (χ0v) is 7.86. The SMILES string of the molecule is CCOC(=O)C1CNCCO1.Cl. The minimum absolute atomic E-state index is 0. The van der Waals surface area contributed by atoms with E-state index < -0.39 is 6.10 Å². The molecule has 0 bridgehead atoms. The third-order valence-electron chi connectivity index (χ3n) is 1.48. The second kappa shape index (κ2) is 6.22. The van der Waals surface area contributed by atoms with Crippen molar-refractivity contribution in [1.29, 1.82) is 0 Å². The number of hydrogen-bond acceptors (Lipinski definition) is 4. The predicted octanol–water partition coefficient (Wildman–Crippen LogP) is -0.0403. The van der Waals surface area contributed by atoms with Gasteiger partial charge in [-0.1, -0.05) is 0 Å². The third-order valence-corrected chi connectivity index (χ3v) is 1.48. The summed E-state index contributed by atoms with van der Waals surface area (Å²) in [6.07, 6.45) is -0.399. The van der Waals surface area contributed by atoms with E-state index in [0.717, 1.165) is 6.54 Å². The number of nitrogens with one attached hydrogen (secondary N) is 1. The molecular formula is C7H14ClNO3. The van der Waals surface area contributed by atoms with Gasteiger partial charge in [0.05, 0.1) is 13.2 Å². The van der Waals surface area contributed by atoms with Crippen LogP contribution in [-0.2, 0) is 14.3 Å². The number of carbonyl (C=O) groups is 1. The molecule has 1 N–H and O–H groups in total. The monoisotopic (exact) mass is 195 g/mol. The number of hydrogen-bond donors (Lipinski definition) is 1. The van der Waals surface area contributed by atoms with Crippen LogP contribution in [0.1, 0.15) is 6.92 Å². The Morgan fingerprint density at radius 1 is 1.75 bits per heavy atom. The van der Waals surface area contributed by atoms with Gasteiger partial charge in [-0.05, 0) is 6.92 Å². The Bertz CT molecular complexity index is 137. The van der Waals surface area contributed by atoms with Crippen LogP contribution < -0.4 is 5.32 Å². The predicted molar refractivity (Wildman–Crippen MR) is 46.5 cm³/mol. The lowest BCUT2D eigenvalue weighted by Crippen LogP contribution is -2.43. The lowest BCUT2D eigenvalue weighted by Gasteiger charge is -2.21. The molecule has 1 rings (SSSR count). The Labute approximate surface area is 78.0 Å². The zero-order valence-electron chi connectivity index (χ0n) is 7.04. The fraction of sp³-hybridized carbons (Fsp3) is 0.857. The summed E-state index contributed by atoms with van der Waals surface area (Å²) in [7, 11) is 0. The average Bonchev–Trinajstić information content (AvgIpc) is 2.07. The molecule has 1 aliphatic rings. The first-order valence-corrected chi connectivity index (χ1v) is 3.83. The van der Waals surface area contributed by atoms with Crippen LogP contribution in [0.4, 0.5) is 0 Å². The smallest absolute Gasteiger partial charge is 0.336 e. The maximum Gasteiger partial charge on any atom is 0.336 e. The van der Waals surface area contributed by atoms with Crippen LogP contribution in [0.25, 0.3) is 0 Å². The van der Waals surface area contributed by atoms with Crippen molar-refractivity contribution in [2.24, 2.45) is 0 Å². The van der Waals surface area contributed by atoms with Gasteiger partial charge in [0, 0.05) is 13.1 Å². The van der Waals surface area contributed by atoms with Crippen molar-refractivity contribution >= 4 is 18.4 Å². The first-order chi connectivity index (χ1) is 5.34. The highest BCUT2D eigenvalue weighted by Crippen LogP contribution is 1.98. The first-order valence-electron chi connectivity index (χ1n) is 3.83. The Balaban J connectivity index is 0.00000121. The van der Waals surface area contributed by atoms with Crippen molar-refractivity contribution in [2.45, 2.75) is 13.0 Å². The summed E-state index contributed by atoms with van der Waals surface area (Å²) >= 11 is 0. The molecule has 1 fully saturated rings. The van der Waals surface area contributed by atoms with Crippen LogP contribution in [0.5, 0.6) is 0 Å². The van der Waals surface area contributed by atoms with E-state index in [-0.39, 0.29) is 18.4 Å². The molecule has 0 radical (unpaired) electrons. The van der Waals surface area contributed by atoms with Gasteiger partial charge in [0.2, 0.25) is 0 Å². The molecule has 0 aromatic rings. The zero-order chi connectivity index (χ0) is 8.10. The van der Waals surface area contributed by atoms with Crippen molar-refractivity contribution in [2.75, 3.05) is 26.3 Å². The van der Waals surface area contributed by atoms with Crippen LogP contribution in [0, 0.1) is 0 Å². The Hall–Kier alpha value is -0.320. The fourth-order valence-corrected chi connectivity index (χ4v) is 0.952. The third kappa shape index (κ3) is 3.38. The van der Waals surface area contributed by atoms with E-state index in [2.05, 4.69) is 5.32 Å². The quantitative estimate of drug-likeness (QED) is 0.629. The highest BCUT2D eigenvalue weighted by atomic mass is 35.5. The highest BCUT2D eigenvalue weighted by Gasteiger charge is 2.22. The minimum Gasteiger partial charge on any atom is -0.464 e. The number of morpholine rings is 1. The maximum atomic E-state index is 11.0. The van der Waals surface area contributed by atoms with Crippen molar-refractivity contribution in [1.82, 2.24) is 5.32 Å². The molecule has 0 spiro atoms. The molecule has 5 heteroatoms. The van der Waals surface area contributed by atoms with Crippen molar-refractivity contribution in [3.8, 4) is 0 Å². The van der Waals surface area contributed by atoms with Crippen LogP contribution in [0.15, 0.2) is 0 Å². The largest absolute Gasteiger partial charge is 0.464 e. The first kappa shape index (κ1) is 11.7. The van der Waals surface area contributed by atoms with Gasteiger partial charge in [0.1, 0.15) is 0 Å². The number of halogens is 1. The van der Waals surface area contributed by atoms with Gasteiger partial charge in [-0.3, -0.25) is 0 Å². The average molecular weight is 196 g/mol. The molecule has 1 aliphatic heterocycles. The summed E-state index contributed by atoms with van der Waals surface area (Å²) in [4.78, 5) is 11.0. The Morgan fingerprint density at radius 3 is 3.00 bits per heavy atom. The fourth-order valence-electron chi connectivity index (χ4n) is 0.952. The van der Waals surface area contributed by atoms with E-state index in [1.54, 1.807) is 6.92 Å². The number of rotatable bonds is 2. The van der Waals surface area contributed by atoms with Gasteiger partial charge >= 0.3 is 5.97 Å². The van der Waals surface area contributed by atoms with E-state index in [1.165, 1.54) is 0 Å². The van der Waals surface area contributed by atoms with Gasteiger partial charge in [-0.25, -0.2) is 4.79 Å². The second-order valence-electron chi connectivity index (χ2n) is 2.32. The maximum absolute atomic E-state index is 11.0. The highest BCUT2D eigenvalue weighted by molar-refractivity contribution is 5.85. The molecule has 1 atom stereocenters. The number of ether oxygens (including phenoxy) is 2. The van der Waals surface area contributed by atoms with Gasteiger partial charge in [-0.15, -0.1) is 12.4 Å². The van der Waals surface area contributed by atoms with Gasteiger partial charge < -0.3 is 14.8 Å². The summed E-state index contributed by atoms with van der Waals surface area (Å²) in [5, 5.41) is 3.05. The molecule has 1 heterocycles. The lowest BCUT2D eigenvalue weighted by molar-refractivity contribution is -0.158. The minimum atomic E-state index is -0.399. The molecule has 0 aromatic carbocycles. The number of esters is 1. The standard InChI is InChI=1S/C7H13NO3.ClH/c1-2-10-7(9)6-5-8-3-4-11-6;/h6,8H,2-5H2,1H3;1H. The Kier molecular flexibility index (Phi) is 6.06. The summed E-state index contributed by atoms with van der Waals surface area (Å²) in [5.74, 6) is -0.264. The molecule has 1 unspecified atom stereocenters. The molecule has 0 amide bonds. The molecule has 72 valence electrons. The van der Waals surface area contributed by atoms with Crippen molar-refractivity contribution in [3.05, 3.63) is 0 Å². The molecule has 0 aromatic heterocycles. The van der Waals surface area contributed by atoms with Crippen LogP contribution in [-0.4, -0.2) is 38.4 Å². The molecule has 0 aliphatic carbocycles. The summed E-state index contributed by atoms with van der Waals surface area (Å²) < 4.78 is 9.93. The van der Waals surface area contributed by atoms with E-state index in [1.807, 2.05) is 0 Å². The van der Waals surface area contributed by atoms with Crippen LogP contribution >= 0.6 is 12.4 Å². The van der Waals surface area contributed by atoms with E-state index >= 15 is 0 Å². The van der Waals surface area contributed by atoms with Gasteiger partial charge in [0.25, 0.3) is 0 Å². The van der Waals surface area contributed by atoms with Crippen LogP contribution in [0.2, 0.25) is 0 Å². The molecule has 12 heavy (non-hydrogen) atoms. The summed E-state index contributed by atoms with van der Waals surface area (Å²) in [5.41, 5.74) is 0. The summed E-state index contributed by atoms with van der Waals surface area (Å²) in [6, 6.07) is 0. The normalized spacial score (nSPS) is 22.6.